The summed E-state index contributed by atoms with van der Waals surface area (Å²) in [6, 6.07) is 10.7. The van der Waals surface area contributed by atoms with E-state index < -0.39 is 10.0 Å². The minimum atomic E-state index is -3.57. The van der Waals surface area contributed by atoms with Gasteiger partial charge in [-0.2, -0.15) is 0 Å². The Balaban J connectivity index is 1.61. The largest absolute Gasteiger partial charge is 0.354 e. The topological polar surface area (TPSA) is 65.5 Å². The maximum absolute atomic E-state index is 12.4. The number of piperazine rings is 1. The van der Waals surface area contributed by atoms with Crippen molar-refractivity contribution >= 4 is 31.8 Å². The van der Waals surface area contributed by atoms with Crippen molar-refractivity contribution in [2.24, 2.45) is 0 Å². The van der Waals surface area contributed by atoms with Gasteiger partial charge in [0.15, 0.2) is 0 Å². The Bertz CT molecular complexity index is 835. The molecule has 0 unspecified atom stereocenters. The van der Waals surface area contributed by atoms with Crippen LogP contribution in [0.5, 0.6) is 0 Å². The van der Waals surface area contributed by atoms with E-state index in [1.807, 2.05) is 12.1 Å². The van der Waals surface area contributed by atoms with Crippen LogP contribution in [0.4, 0.5) is 5.82 Å². The van der Waals surface area contributed by atoms with Crippen LogP contribution in [0.2, 0.25) is 0 Å². The van der Waals surface area contributed by atoms with Crippen LogP contribution in [0, 0.1) is 0 Å². The van der Waals surface area contributed by atoms with E-state index in [1.54, 1.807) is 30.5 Å². The first kappa shape index (κ1) is 19.3. The number of nitrogens with zero attached hydrogens (tertiary/aromatic N) is 3. The molecule has 0 spiro atoms. The van der Waals surface area contributed by atoms with E-state index in [0.717, 1.165) is 44.1 Å². The van der Waals surface area contributed by atoms with Gasteiger partial charge >= 0.3 is 0 Å². The van der Waals surface area contributed by atoms with Crippen molar-refractivity contribution in [1.29, 1.82) is 0 Å². The summed E-state index contributed by atoms with van der Waals surface area (Å²) >= 11 is 3.28. The van der Waals surface area contributed by atoms with Crippen LogP contribution in [0.1, 0.15) is 12.5 Å². The minimum absolute atomic E-state index is 0.209. The highest BCUT2D eigenvalue weighted by Crippen LogP contribution is 2.21. The van der Waals surface area contributed by atoms with Crippen molar-refractivity contribution in [3.63, 3.8) is 0 Å². The van der Waals surface area contributed by atoms with Crippen molar-refractivity contribution in [3.05, 3.63) is 52.6 Å². The number of aromatic nitrogens is 1. The molecular weight excluding hydrogens is 416 g/mol. The normalized spacial score (nSPS) is 16.0. The Morgan fingerprint density at radius 1 is 1.12 bits per heavy atom. The zero-order valence-corrected chi connectivity index (χ0v) is 17.1. The van der Waals surface area contributed by atoms with Gasteiger partial charge in [-0.3, -0.25) is 0 Å². The van der Waals surface area contributed by atoms with Gasteiger partial charge in [0.25, 0.3) is 0 Å². The Morgan fingerprint density at radius 2 is 1.85 bits per heavy atom. The third-order valence-electron chi connectivity index (χ3n) is 4.55. The maximum atomic E-state index is 12.4. The Labute approximate surface area is 163 Å². The zero-order chi connectivity index (χ0) is 18.6. The monoisotopic (exact) mass is 438 g/mol. The molecular formula is C18H23BrN4O2S. The highest BCUT2D eigenvalue weighted by atomic mass is 79.9. The lowest BCUT2D eigenvalue weighted by Gasteiger charge is -2.34. The molecule has 1 aliphatic rings. The van der Waals surface area contributed by atoms with Gasteiger partial charge in [0, 0.05) is 43.4 Å². The molecule has 6 nitrogen and oxygen atoms in total. The Morgan fingerprint density at radius 3 is 2.46 bits per heavy atom. The molecule has 0 bridgehead atoms. The third kappa shape index (κ3) is 4.62. The first-order chi connectivity index (χ1) is 12.5. The number of likely N-dealkylation sites (N-methyl/N-ethyl adjacent to an activating group) is 1. The van der Waals surface area contributed by atoms with Crippen molar-refractivity contribution in [2.75, 3.05) is 37.6 Å². The molecule has 2 aromatic rings. The van der Waals surface area contributed by atoms with Crippen molar-refractivity contribution in [2.45, 2.75) is 18.4 Å². The number of hydrogen-bond acceptors (Lipinski definition) is 5. The predicted molar refractivity (Wildman–Crippen MR) is 107 cm³/mol. The molecule has 1 fully saturated rings. The molecule has 1 aromatic heterocycles. The van der Waals surface area contributed by atoms with Gasteiger partial charge in [0.1, 0.15) is 5.82 Å². The minimum Gasteiger partial charge on any atom is -0.354 e. The summed E-state index contributed by atoms with van der Waals surface area (Å²) in [5.41, 5.74) is 0.830. The van der Waals surface area contributed by atoms with E-state index in [-0.39, 0.29) is 11.4 Å². The van der Waals surface area contributed by atoms with E-state index in [9.17, 15) is 8.42 Å². The van der Waals surface area contributed by atoms with Gasteiger partial charge in [0.2, 0.25) is 10.0 Å². The number of rotatable bonds is 6. The van der Waals surface area contributed by atoms with Gasteiger partial charge in [-0.25, -0.2) is 18.1 Å². The first-order valence-electron chi connectivity index (χ1n) is 8.66. The van der Waals surface area contributed by atoms with Crippen molar-refractivity contribution in [1.82, 2.24) is 14.6 Å². The van der Waals surface area contributed by atoms with Crippen LogP contribution in [0.25, 0.3) is 0 Å². The van der Waals surface area contributed by atoms with E-state index >= 15 is 0 Å². The number of pyridine rings is 1. The number of hydrogen-bond donors (Lipinski definition) is 1. The summed E-state index contributed by atoms with van der Waals surface area (Å²) in [6.45, 7) is 7.50. The number of nitrogens with one attached hydrogen (secondary N) is 1. The maximum Gasteiger partial charge on any atom is 0.241 e. The summed E-state index contributed by atoms with van der Waals surface area (Å²) in [7, 11) is -3.57. The standard InChI is InChI=1S/C18H23BrN4O2S/c1-2-22-9-11-23(12-10-22)18-8-7-15(13-20-18)14-21-26(24,25)17-6-4-3-5-16(17)19/h3-8,13,21H,2,9-12,14H2,1H3. The third-order valence-corrected chi connectivity index (χ3v) is 6.96. The smallest absolute Gasteiger partial charge is 0.241 e. The molecule has 0 aliphatic carbocycles. The van der Waals surface area contributed by atoms with Crippen LogP contribution in [-0.4, -0.2) is 51.0 Å². The fourth-order valence-electron chi connectivity index (χ4n) is 2.92. The molecule has 1 aromatic carbocycles. The summed E-state index contributed by atoms with van der Waals surface area (Å²) in [6.07, 6.45) is 1.74. The SMILES string of the molecule is CCN1CCN(c2ccc(CNS(=O)(=O)c3ccccc3Br)cn2)CC1. The van der Waals surface area contributed by atoms with Crippen LogP contribution >= 0.6 is 15.9 Å². The number of sulfonamides is 1. The van der Waals surface area contributed by atoms with Crippen molar-refractivity contribution in [3.8, 4) is 0 Å². The second-order valence-electron chi connectivity index (χ2n) is 6.20. The molecule has 3 rings (SSSR count). The average molecular weight is 439 g/mol. The average Bonchev–Trinajstić information content (AvgIpc) is 2.67. The molecule has 0 radical (unpaired) electrons. The summed E-state index contributed by atoms with van der Waals surface area (Å²) in [4.78, 5) is 9.43. The van der Waals surface area contributed by atoms with E-state index in [4.69, 9.17) is 0 Å². The number of benzene rings is 1. The van der Waals surface area contributed by atoms with E-state index in [1.165, 1.54) is 0 Å². The second-order valence-corrected chi connectivity index (χ2v) is 8.79. The lowest BCUT2D eigenvalue weighted by atomic mass is 10.2. The van der Waals surface area contributed by atoms with Gasteiger partial charge in [-0.15, -0.1) is 0 Å². The van der Waals surface area contributed by atoms with Gasteiger partial charge < -0.3 is 9.80 Å². The summed E-state index contributed by atoms with van der Waals surface area (Å²) in [5, 5.41) is 0. The van der Waals surface area contributed by atoms with Gasteiger partial charge in [-0.1, -0.05) is 25.1 Å². The van der Waals surface area contributed by atoms with Gasteiger partial charge in [-0.05, 0) is 46.2 Å². The molecule has 0 saturated carbocycles. The fourth-order valence-corrected chi connectivity index (χ4v) is 4.94. The van der Waals surface area contributed by atoms with Crippen LogP contribution in [0.3, 0.4) is 0 Å². The molecule has 2 heterocycles. The van der Waals surface area contributed by atoms with E-state index in [0.29, 0.717) is 4.47 Å². The van der Waals surface area contributed by atoms with Crippen LogP contribution < -0.4 is 9.62 Å². The predicted octanol–water partition coefficient (Wildman–Crippen LogP) is 2.46. The quantitative estimate of drug-likeness (QED) is 0.749. The van der Waals surface area contributed by atoms with Crippen molar-refractivity contribution < 1.29 is 8.42 Å². The lowest BCUT2D eigenvalue weighted by molar-refractivity contribution is 0.270. The highest BCUT2D eigenvalue weighted by Gasteiger charge is 2.18. The molecule has 1 saturated heterocycles. The molecule has 26 heavy (non-hydrogen) atoms. The van der Waals surface area contributed by atoms with E-state index in [2.05, 4.69) is 42.4 Å². The highest BCUT2D eigenvalue weighted by molar-refractivity contribution is 9.10. The Kier molecular flexibility index (Phi) is 6.29. The Hall–Kier alpha value is -1.48. The summed E-state index contributed by atoms with van der Waals surface area (Å²) < 4.78 is 28.0. The van der Waals surface area contributed by atoms with Crippen LogP contribution in [-0.2, 0) is 16.6 Å². The fraction of sp³-hybridized carbons (Fsp3) is 0.389. The molecule has 0 atom stereocenters. The molecule has 140 valence electrons. The van der Waals surface area contributed by atoms with Crippen LogP contribution in [0.15, 0.2) is 52.0 Å². The molecule has 8 heteroatoms. The first-order valence-corrected chi connectivity index (χ1v) is 10.9. The number of halogens is 1. The number of anilines is 1. The molecule has 1 aliphatic heterocycles. The molecule has 1 N–H and O–H groups in total. The summed E-state index contributed by atoms with van der Waals surface area (Å²) in [5.74, 6) is 0.943. The lowest BCUT2D eigenvalue weighted by Crippen LogP contribution is -2.46. The molecule has 0 amide bonds. The van der Waals surface area contributed by atoms with Gasteiger partial charge in [0.05, 0.1) is 4.90 Å². The zero-order valence-electron chi connectivity index (χ0n) is 14.7. The second kappa shape index (κ2) is 8.47.